The first-order valence-electron chi connectivity index (χ1n) is 12.9. The van der Waals surface area contributed by atoms with Crippen molar-refractivity contribution in [1.29, 1.82) is 0 Å². The molecule has 2 aromatic rings. The van der Waals surface area contributed by atoms with E-state index in [0.29, 0.717) is 35.4 Å². The summed E-state index contributed by atoms with van der Waals surface area (Å²) in [5.74, 6) is -2.51. The third kappa shape index (κ3) is 3.81. The largest absolute Gasteiger partial charge is 0.508 e. The average molecular weight is 710 g/mol. The SMILES string of the molecule is O=C1C=C(Br)C(=O)C2=C1C(C1=COc3ccc(O)cc3C1)C1=CCC3C(=O)N(c4ccc(I)cc4)C(=O)C3C1C2. The number of halogens is 2. The Bertz CT molecular complexity index is 1680. The number of phenolic OH excluding ortho intramolecular Hbond substituents is 1. The number of anilines is 1. The molecule has 1 saturated heterocycles. The number of hydrogen-bond acceptors (Lipinski definition) is 6. The second-order valence-electron chi connectivity index (χ2n) is 10.7. The van der Waals surface area contributed by atoms with E-state index in [1.54, 1.807) is 36.6 Å². The molecular weight excluding hydrogens is 689 g/mol. The van der Waals surface area contributed by atoms with Crippen molar-refractivity contribution in [2.75, 3.05) is 4.90 Å². The lowest BCUT2D eigenvalue weighted by Crippen LogP contribution is -2.41. The summed E-state index contributed by atoms with van der Waals surface area (Å²) >= 11 is 5.43. The summed E-state index contributed by atoms with van der Waals surface area (Å²) in [6.07, 6.45) is 5.90. The molecule has 0 radical (unpaired) electrons. The molecule has 0 aromatic heterocycles. The topological polar surface area (TPSA) is 101 Å². The molecule has 4 atom stereocenters. The number of Topliss-reactive ketones (excluding diaryl/α,β-unsaturated/α-hetero) is 1. The van der Waals surface area contributed by atoms with Crippen LogP contribution in [0.15, 0.2) is 87.7 Å². The Morgan fingerprint density at radius 1 is 1.00 bits per heavy atom. The van der Waals surface area contributed by atoms with Gasteiger partial charge in [0.05, 0.1) is 28.3 Å². The van der Waals surface area contributed by atoms with Crippen molar-refractivity contribution in [1.82, 2.24) is 0 Å². The Hall–Kier alpha value is -3.31. The first-order chi connectivity index (χ1) is 19.2. The highest BCUT2D eigenvalue weighted by molar-refractivity contribution is 14.1. The van der Waals surface area contributed by atoms with Crippen LogP contribution in [0.3, 0.4) is 0 Å². The predicted octanol–water partition coefficient (Wildman–Crippen LogP) is 5.31. The molecule has 2 amide bonds. The number of fused-ring (bicyclic) bond motifs is 4. The van der Waals surface area contributed by atoms with Crippen molar-refractivity contribution >= 4 is 67.6 Å². The van der Waals surface area contributed by atoms with Crippen LogP contribution in [0.1, 0.15) is 18.4 Å². The number of allylic oxidation sites excluding steroid dienone is 7. The van der Waals surface area contributed by atoms with Gasteiger partial charge in [-0.2, -0.15) is 0 Å². The van der Waals surface area contributed by atoms with Crippen LogP contribution < -0.4 is 9.64 Å². The number of amides is 2. The van der Waals surface area contributed by atoms with Gasteiger partial charge >= 0.3 is 0 Å². The highest BCUT2D eigenvalue weighted by Gasteiger charge is 2.57. The predicted molar refractivity (Wildman–Crippen MR) is 158 cm³/mol. The van der Waals surface area contributed by atoms with Crippen LogP contribution in [0.4, 0.5) is 5.69 Å². The number of rotatable bonds is 2. The molecule has 0 bridgehead atoms. The number of aromatic hydroxyl groups is 1. The Morgan fingerprint density at radius 2 is 1.77 bits per heavy atom. The maximum Gasteiger partial charge on any atom is 0.238 e. The molecule has 7 nitrogen and oxygen atoms in total. The van der Waals surface area contributed by atoms with Gasteiger partial charge in [-0.05, 0) is 105 Å². The second-order valence-corrected chi connectivity index (χ2v) is 12.8. The summed E-state index contributed by atoms with van der Waals surface area (Å²) in [7, 11) is 0. The van der Waals surface area contributed by atoms with Crippen LogP contribution in [0, 0.1) is 27.2 Å². The van der Waals surface area contributed by atoms with Crippen LogP contribution in [0.2, 0.25) is 0 Å². The standard InChI is InChI=1S/C31H21BrINO6/c32-23-12-24(36)28-22(29(23)37)11-21-19(26(28)15-9-14-10-18(35)5-8-25(14)40-13-15)6-7-20-27(21)31(39)34(30(20)38)17-3-1-16(33)2-4-17/h1-6,8,10,12-13,20-21,26-27,35H,7,9,11H2. The van der Waals surface area contributed by atoms with Crippen LogP contribution in [0.25, 0.3) is 0 Å². The minimum Gasteiger partial charge on any atom is -0.508 e. The van der Waals surface area contributed by atoms with Crippen molar-refractivity contribution in [3.05, 3.63) is 96.8 Å². The van der Waals surface area contributed by atoms with Gasteiger partial charge in [-0.1, -0.05) is 11.6 Å². The third-order valence-electron chi connectivity index (χ3n) is 8.56. The highest BCUT2D eigenvalue weighted by Crippen LogP contribution is 2.55. The summed E-state index contributed by atoms with van der Waals surface area (Å²) in [6, 6.07) is 12.1. The number of ketones is 2. The summed E-state index contributed by atoms with van der Waals surface area (Å²) in [5, 5.41) is 10.1. The number of phenols is 1. The minimum absolute atomic E-state index is 0.103. The Balaban J connectivity index is 1.33. The van der Waals surface area contributed by atoms with Crippen LogP contribution in [0.5, 0.6) is 11.5 Å². The van der Waals surface area contributed by atoms with E-state index in [2.05, 4.69) is 38.5 Å². The monoisotopic (exact) mass is 709 g/mol. The first kappa shape index (κ1) is 25.6. The molecule has 2 aliphatic heterocycles. The molecule has 0 spiro atoms. The van der Waals surface area contributed by atoms with Crippen molar-refractivity contribution in [2.45, 2.75) is 19.3 Å². The second kappa shape index (κ2) is 9.37. The lowest BCUT2D eigenvalue weighted by Gasteiger charge is -2.43. The van der Waals surface area contributed by atoms with Crippen molar-refractivity contribution in [3.63, 3.8) is 0 Å². The molecule has 9 heteroatoms. The third-order valence-corrected chi connectivity index (χ3v) is 9.87. The molecule has 0 saturated carbocycles. The maximum atomic E-state index is 14.0. The van der Waals surface area contributed by atoms with Gasteiger partial charge < -0.3 is 9.84 Å². The molecule has 7 rings (SSSR count). The Morgan fingerprint density at radius 3 is 2.55 bits per heavy atom. The van der Waals surface area contributed by atoms with Crippen molar-refractivity contribution in [2.24, 2.45) is 23.7 Å². The van der Waals surface area contributed by atoms with Gasteiger partial charge in [-0.3, -0.25) is 24.1 Å². The molecule has 2 heterocycles. The van der Waals surface area contributed by atoms with Crippen molar-refractivity contribution in [3.8, 4) is 11.5 Å². The van der Waals surface area contributed by atoms with Gasteiger partial charge in [-0.25, -0.2) is 0 Å². The maximum absolute atomic E-state index is 14.0. The summed E-state index contributed by atoms with van der Waals surface area (Å²) in [5.41, 5.74) is 3.71. The van der Waals surface area contributed by atoms with Crippen LogP contribution in [-0.2, 0) is 25.6 Å². The number of nitrogens with zero attached hydrogens (tertiary/aromatic N) is 1. The van der Waals surface area contributed by atoms with E-state index in [1.165, 1.54) is 11.0 Å². The number of carbonyl (C=O) groups is 4. The quantitative estimate of drug-likeness (QED) is 0.196. The number of hydrogen-bond donors (Lipinski definition) is 1. The van der Waals surface area contributed by atoms with Gasteiger partial charge in [0.1, 0.15) is 11.5 Å². The number of imide groups is 1. The fourth-order valence-electron chi connectivity index (χ4n) is 6.86. The van der Waals surface area contributed by atoms with Gasteiger partial charge in [0.2, 0.25) is 11.8 Å². The fraction of sp³-hybridized carbons (Fsp3) is 0.226. The molecule has 2 aromatic carbocycles. The minimum atomic E-state index is -0.641. The molecular formula is C31H21BrINO6. The summed E-state index contributed by atoms with van der Waals surface area (Å²) < 4.78 is 7.10. The first-order valence-corrected chi connectivity index (χ1v) is 14.8. The molecule has 5 aliphatic rings. The summed E-state index contributed by atoms with van der Waals surface area (Å²) in [4.78, 5) is 55.7. The van der Waals surface area contributed by atoms with Crippen LogP contribution >= 0.6 is 38.5 Å². The van der Waals surface area contributed by atoms with E-state index in [-0.39, 0.29) is 40.0 Å². The molecule has 1 fully saturated rings. The molecule has 4 unspecified atom stereocenters. The molecule has 1 N–H and O–H groups in total. The highest BCUT2D eigenvalue weighted by atomic mass is 127. The Kier molecular flexibility index (Phi) is 6.01. The van der Waals surface area contributed by atoms with Crippen LogP contribution in [-0.4, -0.2) is 28.5 Å². The smallest absolute Gasteiger partial charge is 0.238 e. The van der Waals surface area contributed by atoms with Crippen molar-refractivity contribution < 1.29 is 29.0 Å². The number of benzene rings is 2. The number of ether oxygens (including phenoxy) is 1. The Labute approximate surface area is 251 Å². The zero-order valence-electron chi connectivity index (χ0n) is 20.9. The van der Waals surface area contributed by atoms with Gasteiger partial charge in [-0.15, -0.1) is 0 Å². The zero-order valence-corrected chi connectivity index (χ0v) is 24.6. The normalized spacial score (nSPS) is 27.2. The van der Waals surface area contributed by atoms with E-state index in [9.17, 15) is 24.3 Å². The van der Waals surface area contributed by atoms with E-state index < -0.39 is 23.7 Å². The van der Waals surface area contributed by atoms with E-state index >= 15 is 0 Å². The lowest BCUT2D eigenvalue weighted by atomic mass is 9.59. The zero-order chi connectivity index (χ0) is 27.9. The van der Waals surface area contributed by atoms with E-state index in [1.807, 2.05) is 18.2 Å². The van der Waals surface area contributed by atoms with E-state index in [0.717, 1.165) is 20.3 Å². The van der Waals surface area contributed by atoms with Gasteiger partial charge in [0.25, 0.3) is 0 Å². The fourth-order valence-corrected chi connectivity index (χ4v) is 7.67. The summed E-state index contributed by atoms with van der Waals surface area (Å²) in [6.45, 7) is 0. The van der Waals surface area contributed by atoms with Gasteiger partial charge in [0, 0.05) is 38.7 Å². The number of carbonyl (C=O) groups excluding carboxylic acids is 4. The lowest BCUT2D eigenvalue weighted by molar-refractivity contribution is -0.123. The molecule has 200 valence electrons. The van der Waals surface area contributed by atoms with E-state index in [4.69, 9.17) is 4.74 Å². The molecule has 40 heavy (non-hydrogen) atoms. The molecule has 3 aliphatic carbocycles. The average Bonchev–Trinajstić information content (AvgIpc) is 3.20. The van der Waals surface area contributed by atoms with Gasteiger partial charge in [0.15, 0.2) is 11.6 Å².